The summed E-state index contributed by atoms with van der Waals surface area (Å²) in [5, 5.41) is 17.1. The summed E-state index contributed by atoms with van der Waals surface area (Å²) in [6, 6.07) is 10.0. The van der Waals surface area contributed by atoms with Crippen LogP contribution in [0.4, 0.5) is 11.4 Å². The highest BCUT2D eigenvalue weighted by atomic mass is 16.6. The zero-order valence-corrected chi connectivity index (χ0v) is 16.0. The van der Waals surface area contributed by atoms with Crippen molar-refractivity contribution in [2.24, 2.45) is 0 Å². The molecule has 0 aromatic heterocycles. The lowest BCUT2D eigenvalue weighted by Crippen LogP contribution is -2.28. The van der Waals surface area contributed by atoms with Crippen LogP contribution in [0.3, 0.4) is 0 Å². The van der Waals surface area contributed by atoms with Gasteiger partial charge in [-0.2, -0.15) is 0 Å². The lowest BCUT2D eigenvalue weighted by molar-refractivity contribution is -0.384. The van der Waals surface area contributed by atoms with Crippen molar-refractivity contribution in [3.8, 4) is 0 Å². The van der Waals surface area contributed by atoms with Crippen molar-refractivity contribution >= 4 is 17.3 Å². The van der Waals surface area contributed by atoms with Gasteiger partial charge in [-0.05, 0) is 38.0 Å². The number of rotatable bonds is 8. The summed E-state index contributed by atoms with van der Waals surface area (Å²) in [6.07, 6.45) is 0. The topological polar surface area (TPSA) is 93.5 Å². The Kier molecular flexibility index (Phi) is 6.90. The molecule has 2 aromatic rings. The third-order valence-electron chi connectivity index (χ3n) is 4.33. The Hall–Kier alpha value is -2.93. The molecule has 2 rings (SSSR count). The SMILES string of the molecule is COCCNc1ccc([N+](=O)[O-])cc1C(=O)NC(C)c1cc(C)ccc1C. The summed E-state index contributed by atoms with van der Waals surface area (Å²) in [5.74, 6) is -0.368. The number of ether oxygens (including phenoxy) is 1. The lowest BCUT2D eigenvalue weighted by Gasteiger charge is -2.19. The maximum Gasteiger partial charge on any atom is 0.270 e. The molecule has 7 heteroatoms. The quantitative estimate of drug-likeness (QED) is 0.419. The van der Waals surface area contributed by atoms with Gasteiger partial charge in [0.2, 0.25) is 0 Å². The molecule has 1 amide bonds. The molecular weight excluding hydrogens is 346 g/mol. The van der Waals surface area contributed by atoms with Crippen molar-refractivity contribution in [3.05, 3.63) is 68.8 Å². The Morgan fingerprint density at radius 3 is 2.63 bits per heavy atom. The maximum atomic E-state index is 12.8. The van der Waals surface area contributed by atoms with Gasteiger partial charge < -0.3 is 15.4 Å². The van der Waals surface area contributed by atoms with Gasteiger partial charge in [-0.25, -0.2) is 0 Å². The first-order chi connectivity index (χ1) is 12.8. The normalized spacial score (nSPS) is 11.7. The molecule has 0 fully saturated rings. The van der Waals surface area contributed by atoms with Gasteiger partial charge in [0.15, 0.2) is 0 Å². The van der Waals surface area contributed by atoms with Gasteiger partial charge >= 0.3 is 0 Å². The monoisotopic (exact) mass is 371 g/mol. The Morgan fingerprint density at radius 1 is 1.22 bits per heavy atom. The van der Waals surface area contributed by atoms with E-state index < -0.39 is 4.92 Å². The van der Waals surface area contributed by atoms with Crippen molar-refractivity contribution in [1.82, 2.24) is 5.32 Å². The van der Waals surface area contributed by atoms with E-state index in [2.05, 4.69) is 10.6 Å². The number of nitrogens with zero attached hydrogens (tertiary/aromatic N) is 1. The van der Waals surface area contributed by atoms with Crippen molar-refractivity contribution in [2.45, 2.75) is 26.8 Å². The number of non-ortho nitro benzene ring substituents is 1. The van der Waals surface area contributed by atoms with Gasteiger partial charge in [0, 0.05) is 31.5 Å². The molecule has 2 aromatic carbocycles. The molecule has 0 spiro atoms. The summed E-state index contributed by atoms with van der Waals surface area (Å²) in [6.45, 7) is 6.82. The molecule has 0 aliphatic heterocycles. The van der Waals surface area contributed by atoms with Crippen LogP contribution in [0, 0.1) is 24.0 Å². The maximum absolute atomic E-state index is 12.8. The van der Waals surface area contributed by atoms with E-state index in [1.54, 1.807) is 13.2 Å². The Labute approximate surface area is 158 Å². The average Bonchev–Trinajstić information content (AvgIpc) is 2.63. The van der Waals surface area contributed by atoms with Gasteiger partial charge in [0.25, 0.3) is 11.6 Å². The van der Waals surface area contributed by atoms with Gasteiger partial charge in [-0.3, -0.25) is 14.9 Å². The molecular formula is C20H25N3O4. The van der Waals surface area contributed by atoms with Crippen LogP contribution in [0.25, 0.3) is 0 Å². The fraction of sp³-hybridized carbons (Fsp3) is 0.350. The van der Waals surface area contributed by atoms with Crippen molar-refractivity contribution in [2.75, 3.05) is 25.6 Å². The predicted molar refractivity (Wildman–Crippen MR) is 105 cm³/mol. The summed E-state index contributed by atoms with van der Waals surface area (Å²) >= 11 is 0. The second-order valence-electron chi connectivity index (χ2n) is 6.46. The number of nitro benzene ring substituents is 1. The number of anilines is 1. The van der Waals surface area contributed by atoms with E-state index in [0.717, 1.165) is 16.7 Å². The average molecular weight is 371 g/mol. The van der Waals surface area contributed by atoms with E-state index in [1.165, 1.54) is 12.1 Å². The summed E-state index contributed by atoms with van der Waals surface area (Å²) < 4.78 is 5.00. The molecule has 0 saturated carbocycles. The Morgan fingerprint density at radius 2 is 1.96 bits per heavy atom. The first kappa shape index (κ1) is 20.4. The fourth-order valence-electron chi connectivity index (χ4n) is 2.85. The van der Waals surface area contributed by atoms with Crippen LogP contribution in [0.15, 0.2) is 36.4 Å². The van der Waals surface area contributed by atoms with Crippen LogP contribution in [0.1, 0.15) is 40.0 Å². The second kappa shape index (κ2) is 9.14. The molecule has 1 unspecified atom stereocenters. The van der Waals surface area contributed by atoms with Crippen LogP contribution < -0.4 is 10.6 Å². The van der Waals surface area contributed by atoms with Gasteiger partial charge in [-0.15, -0.1) is 0 Å². The number of nitro groups is 1. The molecule has 144 valence electrons. The van der Waals surface area contributed by atoms with Crippen LogP contribution in [0.5, 0.6) is 0 Å². The predicted octanol–water partition coefficient (Wildman–Crippen LogP) is 3.76. The molecule has 0 aliphatic carbocycles. The van der Waals surface area contributed by atoms with E-state index >= 15 is 0 Å². The highest BCUT2D eigenvalue weighted by Crippen LogP contribution is 2.24. The highest BCUT2D eigenvalue weighted by molar-refractivity contribution is 6.00. The number of nitrogens with one attached hydrogen (secondary N) is 2. The van der Waals surface area contributed by atoms with Crippen LogP contribution in [-0.4, -0.2) is 31.1 Å². The highest BCUT2D eigenvalue weighted by Gasteiger charge is 2.19. The number of amides is 1. The third-order valence-corrected chi connectivity index (χ3v) is 4.33. The van der Waals surface area contributed by atoms with Crippen molar-refractivity contribution in [3.63, 3.8) is 0 Å². The van der Waals surface area contributed by atoms with E-state index in [4.69, 9.17) is 4.74 Å². The summed E-state index contributed by atoms with van der Waals surface area (Å²) in [7, 11) is 1.58. The molecule has 0 heterocycles. The van der Waals surface area contributed by atoms with Gasteiger partial charge in [-0.1, -0.05) is 23.8 Å². The van der Waals surface area contributed by atoms with Gasteiger partial charge in [0.1, 0.15) is 0 Å². The lowest BCUT2D eigenvalue weighted by atomic mass is 9.99. The molecule has 0 radical (unpaired) electrons. The van der Waals surface area contributed by atoms with Crippen LogP contribution >= 0.6 is 0 Å². The minimum atomic E-state index is -0.510. The van der Waals surface area contributed by atoms with E-state index in [9.17, 15) is 14.9 Å². The first-order valence-corrected chi connectivity index (χ1v) is 8.72. The number of hydrogen-bond donors (Lipinski definition) is 2. The van der Waals surface area contributed by atoms with Crippen LogP contribution in [-0.2, 0) is 4.74 Å². The zero-order chi connectivity index (χ0) is 20.0. The Balaban J connectivity index is 2.28. The minimum Gasteiger partial charge on any atom is -0.383 e. The van der Waals surface area contributed by atoms with Crippen molar-refractivity contribution < 1.29 is 14.5 Å². The molecule has 27 heavy (non-hydrogen) atoms. The molecule has 0 aliphatic rings. The van der Waals surface area contributed by atoms with Crippen molar-refractivity contribution in [1.29, 1.82) is 0 Å². The second-order valence-corrected chi connectivity index (χ2v) is 6.46. The zero-order valence-electron chi connectivity index (χ0n) is 16.0. The minimum absolute atomic E-state index is 0.128. The van der Waals surface area contributed by atoms with E-state index in [1.807, 2.05) is 39.0 Å². The smallest absolute Gasteiger partial charge is 0.270 e. The first-order valence-electron chi connectivity index (χ1n) is 8.72. The number of benzene rings is 2. The molecule has 2 N–H and O–H groups in total. The number of aryl methyl sites for hydroxylation is 2. The van der Waals surface area contributed by atoms with E-state index in [0.29, 0.717) is 18.8 Å². The number of carbonyl (C=O) groups is 1. The number of hydrogen-bond acceptors (Lipinski definition) is 5. The largest absolute Gasteiger partial charge is 0.383 e. The summed E-state index contributed by atoms with van der Waals surface area (Å²) in [4.78, 5) is 23.4. The standard InChI is InChI=1S/C20H25N3O4/c1-13-5-6-14(2)17(11-13)15(3)22-20(24)18-12-16(23(25)26)7-8-19(18)21-9-10-27-4/h5-8,11-12,15,21H,9-10H2,1-4H3,(H,22,24). The van der Waals surface area contributed by atoms with Crippen LogP contribution in [0.2, 0.25) is 0 Å². The third kappa shape index (κ3) is 5.27. The fourth-order valence-corrected chi connectivity index (χ4v) is 2.85. The van der Waals surface area contributed by atoms with Gasteiger partial charge in [0.05, 0.1) is 23.1 Å². The molecule has 0 saturated heterocycles. The molecule has 0 bridgehead atoms. The van der Waals surface area contributed by atoms with E-state index in [-0.39, 0.29) is 23.2 Å². The number of carbonyl (C=O) groups excluding carboxylic acids is 1. The number of methoxy groups -OCH3 is 1. The summed E-state index contributed by atoms with van der Waals surface area (Å²) in [5.41, 5.74) is 3.83. The molecule has 1 atom stereocenters. The molecule has 7 nitrogen and oxygen atoms in total. The Bertz CT molecular complexity index is 836.